The molecule has 0 spiro atoms. The van der Waals surface area contributed by atoms with Crippen LogP contribution in [0.4, 0.5) is 0 Å². The molecule has 0 fully saturated rings. The highest BCUT2D eigenvalue weighted by atomic mass is 15.0. The van der Waals surface area contributed by atoms with E-state index in [0.717, 1.165) is 5.69 Å². The lowest BCUT2D eigenvalue weighted by molar-refractivity contribution is 0.220. The van der Waals surface area contributed by atoms with Crippen molar-refractivity contribution < 1.29 is 0 Å². The normalized spacial score (nSPS) is 16.7. The standard InChI is InChI=1S/C11H21N3/c1-8(11(2,3)4)10(12)9-6-14(5)7-13-9/h6-8,10H,12H2,1-5H3. The highest BCUT2D eigenvalue weighted by molar-refractivity contribution is 5.05. The predicted octanol–water partition coefficient (Wildman–Crippen LogP) is 2.10. The fourth-order valence-electron chi connectivity index (χ4n) is 1.40. The lowest BCUT2D eigenvalue weighted by Crippen LogP contribution is -2.29. The summed E-state index contributed by atoms with van der Waals surface area (Å²) in [6.07, 6.45) is 3.79. The van der Waals surface area contributed by atoms with Crippen molar-refractivity contribution in [1.82, 2.24) is 9.55 Å². The van der Waals surface area contributed by atoms with Gasteiger partial charge in [-0.15, -0.1) is 0 Å². The number of nitrogens with zero attached hydrogens (tertiary/aromatic N) is 2. The Bertz CT molecular complexity index is 296. The van der Waals surface area contributed by atoms with Crippen LogP contribution in [0.2, 0.25) is 0 Å². The first-order valence-electron chi connectivity index (χ1n) is 5.06. The molecule has 2 unspecified atom stereocenters. The molecule has 80 valence electrons. The van der Waals surface area contributed by atoms with Gasteiger partial charge in [0.15, 0.2) is 0 Å². The van der Waals surface area contributed by atoms with E-state index in [1.54, 1.807) is 6.33 Å². The number of rotatable bonds is 2. The van der Waals surface area contributed by atoms with Gasteiger partial charge < -0.3 is 10.3 Å². The molecular formula is C11H21N3. The fraction of sp³-hybridized carbons (Fsp3) is 0.727. The summed E-state index contributed by atoms with van der Waals surface area (Å²) >= 11 is 0. The molecule has 0 radical (unpaired) electrons. The lowest BCUT2D eigenvalue weighted by Gasteiger charge is -2.31. The molecule has 3 nitrogen and oxygen atoms in total. The van der Waals surface area contributed by atoms with Crippen LogP contribution in [0.5, 0.6) is 0 Å². The highest BCUT2D eigenvalue weighted by Gasteiger charge is 2.27. The average molecular weight is 195 g/mol. The zero-order chi connectivity index (χ0) is 10.9. The second-order valence-electron chi connectivity index (χ2n) is 5.14. The van der Waals surface area contributed by atoms with E-state index < -0.39 is 0 Å². The Morgan fingerprint density at radius 1 is 1.43 bits per heavy atom. The van der Waals surface area contributed by atoms with Crippen LogP contribution in [0.1, 0.15) is 39.4 Å². The molecule has 0 aliphatic carbocycles. The van der Waals surface area contributed by atoms with E-state index in [2.05, 4.69) is 32.7 Å². The first-order valence-corrected chi connectivity index (χ1v) is 5.06. The Morgan fingerprint density at radius 2 is 2.00 bits per heavy atom. The van der Waals surface area contributed by atoms with Crippen molar-refractivity contribution in [1.29, 1.82) is 0 Å². The van der Waals surface area contributed by atoms with Crippen molar-refractivity contribution in [3.63, 3.8) is 0 Å². The van der Waals surface area contributed by atoms with Crippen molar-refractivity contribution in [3.8, 4) is 0 Å². The van der Waals surface area contributed by atoms with Gasteiger partial charge in [0.1, 0.15) is 0 Å². The van der Waals surface area contributed by atoms with E-state index in [1.807, 2.05) is 17.8 Å². The second-order valence-corrected chi connectivity index (χ2v) is 5.14. The summed E-state index contributed by atoms with van der Waals surface area (Å²) in [4.78, 5) is 4.29. The molecule has 2 atom stereocenters. The van der Waals surface area contributed by atoms with Gasteiger partial charge in [-0.05, 0) is 11.3 Å². The van der Waals surface area contributed by atoms with Gasteiger partial charge >= 0.3 is 0 Å². The van der Waals surface area contributed by atoms with Gasteiger partial charge in [-0.3, -0.25) is 0 Å². The van der Waals surface area contributed by atoms with Crippen LogP contribution in [-0.2, 0) is 7.05 Å². The van der Waals surface area contributed by atoms with E-state index in [4.69, 9.17) is 5.73 Å². The Labute approximate surface area is 86.3 Å². The Balaban J connectivity index is 2.80. The molecular weight excluding hydrogens is 174 g/mol. The van der Waals surface area contributed by atoms with Crippen molar-refractivity contribution in [2.75, 3.05) is 0 Å². The molecule has 0 bridgehead atoms. The maximum Gasteiger partial charge on any atom is 0.0947 e. The van der Waals surface area contributed by atoms with Gasteiger partial charge in [0.05, 0.1) is 18.1 Å². The first kappa shape index (κ1) is 11.2. The zero-order valence-corrected chi connectivity index (χ0v) is 9.78. The summed E-state index contributed by atoms with van der Waals surface area (Å²) in [7, 11) is 1.96. The summed E-state index contributed by atoms with van der Waals surface area (Å²) in [6, 6.07) is 0.0243. The second kappa shape index (κ2) is 3.73. The van der Waals surface area contributed by atoms with Crippen LogP contribution >= 0.6 is 0 Å². The number of nitrogens with two attached hydrogens (primary N) is 1. The fourth-order valence-corrected chi connectivity index (χ4v) is 1.40. The number of imidazole rings is 1. The van der Waals surface area contributed by atoms with Crippen molar-refractivity contribution in [3.05, 3.63) is 18.2 Å². The molecule has 1 aromatic heterocycles. The summed E-state index contributed by atoms with van der Waals surface area (Å²) in [6.45, 7) is 8.81. The Morgan fingerprint density at radius 3 is 2.36 bits per heavy atom. The monoisotopic (exact) mass is 195 g/mol. The van der Waals surface area contributed by atoms with Gasteiger partial charge in [0.2, 0.25) is 0 Å². The minimum atomic E-state index is 0.0243. The summed E-state index contributed by atoms with van der Waals surface area (Å²) in [5.41, 5.74) is 7.36. The summed E-state index contributed by atoms with van der Waals surface area (Å²) in [5.74, 6) is 0.414. The molecule has 1 rings (SSSR count). The highest BCUT2D eigenvalue weighted by Crippen LogP contribution is 2.33. The molecule has 2 N–H and O–H groups in total. The minimum Gasteiger partial charge on any atom is -0.340 e. The van der Waals surface area contributed by atoms with Crippen LogP contribution in [0.25, 0.3) is 0 Å². The molecule has 0 aliphatic rings. The minimum absolute atomic E-state index is 0.0243. The maximum atomic E-state index is 6.16. The third-order valence-corrected chi connectivity index (χ3v) is 2.97. The van der Waals surface area contributed by atoms with Crippen LogP contribution in [0.3, 0.4) is 0 Å². The molecule has 3 heteroatoms. The van der Waals surface area contributed by atoms with E-state index in [9.17, 15) is 0 Å². The summed E-state index contributed by atoms with van der Waals surface area (Å²) < 4.78 is 1.94. The number of aryl methyl sites for hydroxylation is 1. The van der Waals surface area contributed by atoms with E-state index in [0.29, 0.717) is 5.92 Å². The molecule has 0 aromatic carbocycles. The third kappa shape index (κ3) is 2.35. The Kier molecular flexibility index (Phi) is 3.00. The van der Waals surface area contributed by atoms with Crippen molar-refractivity contribution in [2.24, 2.45) is 24.1 Å². The van der Waals surface area contributed by atoms with Gasteiger partial charge in [-0.2, -0.15) is 0 Å². The van der Waals surface area contributed by atoms with Gasteiger partial charge in [-0.1, -0.05) is 27.7 Å². The van der Waals surface area contributed by atoms with Crippen molar-refractivity contribution >= 4 is 0 Å². The molecule has 0 amide bonds. The summed E-state index contributed by atoms with van der Waals surface area (Å²) in [5, 5.41) is 0. The molecule has 14 heavy (non-hydrogen) atoms. The molecule has 0 saturated heterocycles. The van der Waals surface area contributed by atoms with E-state index >= 15 is 0 Å². The van der Waals surface area contributed by atoms with Crippen LogP contribution in [0, 0.1) is 11.3 Å². The SMILES string of the molecule is CC(C(N)c1cn(C)cn1)C(C)(C)C. The number of hydrogen-bond donors (Lipinski definition) is 1. The maximum absolute atomic E-state index is 6.16. The smallest absolute Gasteiger partial charge is 0.0947 e. The molecule has 1 heterocycles. The third-order valence-electron chi connectivity index (χ3n) is 2.97. The number of aromatic nitrogens is 2. The zero-order valence-electron chi connectivity index (χ0n) is 9.78. The number of hydrogen-bond acceptors (Lipinski definition) is 2. The van der Waals surface area contributed by atoms with Crippen LogP contribution in [-0.4, -0.2) is 9.55 Å². The van der Waals surface area contributed by atoms with Gasteiger partial charge in [0, 0.05) is 13.2 Å². The van der Waals surface area contributed by atoms with Gasteiger partial charge in [-0.25, -0.2) is 4.98 Å². The average Bonchev–Trinajstić information content (AvgIpc) is 2.47. The quantitative estimate of drug-likeness (QED) is 0.785. The van der Waals surface area contributed by atoms with E-state index in [-0.39, 0.29) is 11.5 Å². The Hall–Kier alpha value is -0.830. The van der Waals surface area contributed by atoms with Gasteiger partial charge in [0.25, 0.3) is 0 Å². The lowest BCUT2D eigenvalue weighted by atomic mass is 9.77. The first-order chi connectivity index (χ1) is 6.32. The molecule has 0 saturated carbocycles. The predicted molar refractivity (Wildman–Crippen MR) is 58.8 cm³/mol. The van der Waals surface area contributed by atoms with Crippen LogP contribution in [0.15, 0.2) is 12.5 Å². The molecule has 1 aromatic rings. The van der Waals surface area contributed by atoms with E-state index in [1.165, 1.54) is 0 Å². The topological polar surface area (TPSA) is 43.8 Å². The van der Waals surface area contributed by atoms with Crippen LogP contribution < -0.4 is 5.73 Å². The largest absolute Gasteiger partial charge is 0.340 e. The molecule has 0 aliphatic heterocycles. The van der Waals surface area contributed by atoms with Crippen molar-refractivity contribution in [2.45, 2.75) is 33.7 Å².